The number of carbonyl (C=O) groups is 2. The monoisotopic (exact) mass is 451 g/mol. The topological polar surface area (TPSA) is 109 Å². The second-order valence-corrected chi connectivity index (χ2v) is 8.06. The first kappa shape index (κ1) is 21.5. The Kier molecular flexibility index (Phi) is 5.84. The van der Waals surface area contributed by atoms with Gasteiger partial charge in [0, 0.05) is 44.9 Å². The largest absolute Gasteiger partial charge is 0.322 e. The fourth-order valence-corrected chi connectivity index (χ4v) is 3.99. The quantitative estimate of drug-likeness (QED) is 0.540. The van der Waals surface area contributed by atoms with Crippen LogP contribution in [0.5, 0.6) is 0 Å². The van der Waals surface area contributed by atoms with Crippen molar-refractivity contribution in [1.29, 1.82) is 0 Å². The Labute approximate surface area is 183 Å². The number of nitrogens with zero attached hydrogens (tertiary/aromatic N) is 5. The highest BCUT2D eigenvalue weighted by Crippen LogP contribution is 2.27. The normalized spacial score (nSPS) is 18.6. The predicted octanol–water partition coefficient (Wildman–Crippen LogP) is 1.46. The molecule has 0 fully saturated rings. The summed E-state index contributed by atoms with van der Waals surface area (Å²) in [4.78, 5) is 33.0. The van der Waals surface area contributed by atoms with E-state index in [9.17, 15) is 14.0 Å². The van der Waals surface area contributed by atoms with Gasteiger partial charge in [-0.05, 0) is 18.2 Å². The molecule has 3 N–H and O–H groups in total. The Hall–Kier alpha value is -2.73. The lowest BCUT2D eigenvalue weighted by Crippen LogP contribution is -2.41. The van der Waals surface area contributed by atoms with E-state index in [-0.39, 0.29) is 29.6 Å². The van der Waals surface area contributed by atoms with E-state index in [1.165, 1.54) is 28.3 Å². The second-order valence-electron chi connectivity index (χ2n) is 7.66. The summed E-state index contributed by atoms with van der Waals surface area (Å²) in [5, 5.41) is 9.92. The van der Waals surface area contributed by atoms with E-state index in [4.69, 9.17) is 22.3 Å². The summed E-state index contributed by atoms with van der Waals surface area (Å²) < 4.78 is 15.0. The minimum absolute atomic E-state index is 0.0769. The molecule has 3 heterocycles. The van der Waals surface area contributed by atoms with Gasteiger partial charge in [0.2, 0.25) is 0 Å². The van der Waals surface area contributed by atoms with Crippen molar-refractivity contribution in [2.24, 2.45) is 5.84 Å². The molecule has 0 saturated carbocycles. The smallest absolute Gasteiger partial charge is 0.320 e. The molecule has 0 saturated heterocycles. The van der Waals surface area contributed by atoms with Crippen LogP contribution in [0.3, 0.4) is 0 Å². The molecule has 2 aliphatic rings. The van der Waals surface area contributed by atoms with Crippen molar-refractivity contribution in [3.05, 3.63) is 46.0 Å². The van der Waals surface area contributed by atoms with Crippen molar-refractivity contribution in [2.75, 3.05) is 32.5 Å². The van der Waals surface area contributed by atoms with Crippen LogP contribution in [0.2, 0.25) is 5.02 Å². The van der Waals surface area contributed by atoms with Crippen molar-refractivity contribution in [3.8, 4) is 0 Å². The van der Waals surface area contributed by atoms with E-state index in [2.05, 4.69) is 10.4 Å². The number of hydrazine groups is 1. The van der Waals surface area contributed by atoms with Gasteiger partial charge < -0.3 is 10.2 Å². The molecule has 1 aromatic carbocycles. The number of hydrogen-bond acceptors (Lipinski definition) is 6. The molecule has 10 nitrogen and oxygen atoms in total. The maximum absolute atomic E-state index is 13.4. The molecule has 0 radical (unpaired) electrons. The van der Waals surface area contributed by atoms with Gasteiger partial charge in [0.1, 0.15) is 17.6 Å². The Morgan fingerprint density at radius 2 is 2.26 bits per heavy atom. The fraction of sp³-hybridized carbons (Fsp3) is 0.421. The number of aromatic nitrogens is 2. The SMILES string of the molecule is CN(N)CC1Cn2nc3c(c2C(=O)N(C)O1)CN(C(=O)Nc1ccc(F)c(Cl)c1)CC3. The minimum Gasteiger partial charge on any atom is -0.320 e. The summed E-state index contributed by atoms with van der Waals surface area (Å²) in [7, 11) is 3.27. The average molecular weight is 452 g/mol. The van der Waals surface area contributed by atoms with E-state index in [1.807, 2.05) is 0 Å². The third-order valence-electron chi connectivity index (χ3n) is 5.22. The van der Waals surface area contributed by atoms with Crippen molar-refractivity contribution in [3.63, 3.8) is 0 Å². The van der Waals surface area contributed by atoms with Gasteiger partial charge in [0.15, 0.2) is 0 Å². The molecule has 4 rings (SSSR count). The number of nitrogens with one attached hydrogen (secondary N) is 1. The van der Waals surface area contributed by atoms with Crippen LogP contribution >= 0.6 is 11.6 Å². The molecule has 31 heavy (non-hydrogen) atoms. The van der Waals surface area contributed by atoms with Crippen molar-refractivity contribution >= 4 is 29.2 Å². The van der Waals surface area contributed by atoms with Crippen molar-refractivity contribution < 1.29 is 18.8 Å². The van der Waals surface area contributed by atoms with Crippen molar-refractivity contribution in [2.45, 2.75) is 25.6 Å². The summed E-state index contributed by atoms with van der Waals surface area (Å²) in [6, 6.07) is 3.60. The highest BCUT2D eigenvalue weighted by Gasteiger charge is 2.35. The third kappa shape index (κ3) is 4.35. The maximum atomic E-state index is 13.4. The number of hydroxylamine groups is 2. The lowest BCUT2D eigenvalue weighted by molar-refractivity contribution is -0.153. The highest BCUT2D eigenvalue weighted by atomic mass is 35.5. The Morgan fingerprint density at radius 3 is 2.97 bits per heavy atom. The molecular formula is C19H23ClFN7O3. The summed E-state index contributed by atoms with van der Waals surface area (Å²) in [5.74, 6) is 4.85. The number of carbonyl (C=O) groups excluding carboxylic acids is 2. The first-order chi connectivity index (χ1) is 14.7. The molecule has 0 aliphatic carbocycles. The van der Waals surface area contributed by atoms with E-state index >= 15 is 0 Å². The number of halogens is 2. The molecule has 2 aliphatic heterocycles. The van der Waals surface area contributed by atoms with Crippen LogP contribution in [0, 0.1) is 5.82 Å². The average Bonchev–Trinajstić information content (AvgIpc) is 3.01. The second kappa shape index (κ2) is 8.42. The Bertz CT molecular complexity index is 1030. The number of likely N-dealkylation sites (N-methyl/N-ethyl adjacent to an activating group) is 1. The van der Waals surface area contributed by atoms with E-state index in [1.54, 1.807) is 23.7 Å². The number of anilines is 1. The maximum Gasteiger partial charge on any atom is 0.322 e. The van der Waals surface area contributed by atoms with E-state index in [0.717, 1.165) is 5.69 Å². The van der Waals surface area contributed by atoms with E-state index < -0.39 is 5.82 Å². The van der Waals surface area contributed by atoms with Crippen LogP contribution in [0.1, 0.15) is 21.7 Å². The van der Waals surface area contributed by atoms with E-state index in [0.29, 0.717) is 43.0 Å². The number of fused-ring (bicyclic) bond motifs is 3. The van der Waals surface area contributed by atoms with Crippen LogP contribution < -0.4 is 11.2 Å². The van der Waals surface area contributed by atoms with Gasteiger partial charge >= 0.3 is 6.03 Å². The lowest BCUT2D eigenvalue weighted by Gasteiger charge is -2.27. The molecule has 3 amide bonds. The fourth-order valence-electron chi connectivity index (χ4n) is 3.81. The third-order valence-corrected chi connectivity index (χ3v) is 5.51. The predicted molar refractivity (Wildman–Crippen MR) is 111 cm³/mol. The number of amides is 3. The molecule has 166 valence electrons. The number of rotatable bonds is 3. The summed E-state index contributed by atoms with van der Waals surface area (Å²) in [6.07, 6.45) is 0.154. The Balaban J connectivity index is 1.55. The van der Waals surface area contributed by atoms with Crippen LogP contribution in [-0.2, 0) is 24.3 Å². The molecule has 1 aromatic heterocycles. The van der Waals surface area contributed by atoms with Gasteiger partial charge in [0.25, 0.3) is 5.91 Å². The molecule has 12 heteroatoms. The summed E-state index contributed by atoms with van der Waals surface area (Å²) >= 11 is 5.79. The highest BCUT2D eigenvalue weighted by molar-refractivity contribution is 6.31. The lowest BCUT2D eigenvalue weighted by atomic mass is 10.1. The molecule has 2 aromatic rings. The summed E-state index contributed by atoms with van der Waals surface area (Å²) in [5.41, 5.74) is 2.27. The number of nitrogens with two attached hydrogens (primary N) is 1. The first-order valence-electron chi connectivity index (χ1n) is 9.73. The van der Waals surface area contributed by atoms with Crippen LogP contribution in [0.25, 0.3) is 0 Å². The van der Waals surface area contributed by atoms with Gasteiger partial charge in [-0.1, -0.05) is 11.6 Å². The molecule has 1 unspecified atom stereocenters. The zero-order chi connectivity index (χ0) is 22.3. The zero-order valence-electron chi connectivity index (χ0n) is 17.1. The molecular weight excluding hydrogens is 429 g/mol. The van der Waals surface area contributed by atoms with Crippen LogP contribution in [0.15, 0.2) is 18.2 Å². The van der Waals surface area contributed by atoms with Crippen LogP contribution in [-0.4, -0.2) is 70.0 Å². The number of hydrogen-bond donors (Lipinski definition) is 2. The number of urea groups is 1. The minimum atomic E-state index is -0.561. The number of benzene rings is 1. The van der Waals surface area contributed by atoms with Crippen molar-refractivity contribution in [1.82, 2.24) is 24.8 Å². The van der Waals surface area contributed by atoms with Gasteiger partial charge in [-0.15, -0.1) is 0 Å². The molecule has 0 bridgehead atoms. The molecule has 1 atom stereocenters. The standard InChI is InChI=1S/C19H23ClFN7O3/c1-25(22)8-12-9-28-17(18(29)26(2)31-12)13-10-27(6-5-16(13)24-28)19(30)23-11-3-4-15(21)14(20)7-11/h3-4,7,12H,5-6,8-10,22H2,1-2H3,(H,23,30). The first-order valence-corrected chi connectivity index (χ1v) is 10.1. The van der Waals surface area contributed by atoms with Gasteiger partial charge in [-0.2, -0.15) is 5.10 Å². The van der Waals surface area contributed by atoms with Gasteiger partial charge in [0.05, 0.1) is 23.8 Å². The molecule has 0 spiro atoms. The van der Waals surface area contributed by atoms with Gasteiger partial charge in [-0.25, -0.2) is 19.3 Å². The zero-order valence-corrected chi connectivity index (χ0v) is 17.9. The van der Waals surface area contributed by atoms with Crippen LogP contribution in [0.4, 0.5) is 14.9 Å². The van der Waals surface area contributed by atoms with Gasteiger partial charge in [-0.3, -0.25) is 20.2 Å². The Morgan fingerprint density at radius 1 is 1.48 bits per heavy atom. The summed E-state index contributed by atoms with van der Waals surface area (Å²) in [6.45, 7) is 1.42.